The summed E-state index contributed by atoms with van der Waals surface area (Å²) in [6.07, 6.45) is 0.903. The van der Waals surface area contributed by atoms with Crippen LogP contribution < -0.4 is 4.74 Å². The van der Waals surface area contributed by atoms with Crippen molar-refractivity contribution in [2.75, 3.05) is 6.61 Å². The highest BCUT2D eigenvalue weighted by Gasteiger charge is 2.39. The van der Waals surface area contributed by atoms with Crippen molar-refractivity contribution >= 4 is 31.0 Å². The van der Waals surface area contributed by atoms with Crippen molar-refractivity contribution in [3.05, 3.63) is 29.8 Å². The molecular weight excluding hydrogens is 425 g/mol. The number of hydrogen-bond acceptors (Lipinski definition) is 4. The molecular formula is C23H48O4Si3. The Morgan fingerprint density at radius 3 is 1.63 bits per heavy atom. The van der Waals surface area contributed by atoms with E-state index in [1.165, 1.54) is 0 Å². The summed E-state index contributed by atoms with van der Waals surface area (Å²) in [5, 5.41) is 0. The summed E-state index contributed by atoms with van der Waals surface area (Å²) >= 11 is 0. The summed E-state index contributed by atoms with van der Waals surface area (Å²) in [7, 11) is -5.53. The lowest BCUT2D eigenvalue weighted by Gasteiger charge is -2.38. The van der Waals surface area contributed by atoms with E-state index >= 15 is 0 Å². The Balaban J connectivity index is 0. The molecule has 176 valence electrons. The smallest absolute Gasteiger partial charge is 0.314 e. The summed E-state index contributed by atoms with van der Waals surface area (Å²) < 4.78 is 19.0. The van der Waals surface area contributed by atoms with Crippen molar-refractivity contribution in [1.29, 1.82) is 0 Å². The van der Waals surface area contributed by atoms with Crippen LogP contribution >= 0.6 is 0 Å². The molecule has 0 aliphatic heterocycles. The van der Waals surface area contributed by atoms with Gasteiger partial charge in [0.25, 0.3) is 0 Å². The van der Waals surface area contributed by atoms with Crippen molar-refractivity contribution in [2.45, 2.75) is 93.9 Å². The molecule has 0 spiro atoms. The third-order valence-electron chi connectivity index (χ3n) is 3.89. The van der Waals surface area contributed by atoms with E-state index in [0.717, 1.165) is 23.8 Å². The van der Waals surface area contributed by atoms with Gasteiger partial charge < -0.3 is 13.0 Å². The lowest BCUT2D eigenvalue weighted by molar-refractivity contribution is 0.0858. The summed E-state index contributed by atoms with van der Waals surface area (Å²) in [5.74, 6) is 0.943. The van der Waals surface area contributed by atoms with Gasteiger partial charge in [0.05, 0.1) is 6.61 Å². The molecule has 4 nitrogen and oxygen atoms in total. The molecule has 0 radical (unpaired) electrons. The molecule has 1 aromatic rings. The number of carbonyl (C=O) groups is 1. The van der Waals surface area contributed by atoms with Crippen LogP contribution in [-0.2, 0) is 8.23 Å². The topological polar surface area (TPSA) is 44.8 Å². The minimum atomic E-state index is -2.20. The highest BCUT2D eigenvalue weighted by atomic mass is 28.5. The van der Waals surface area contributed by atoms with Gasteiger partial charge >= 0.3 is 8.56 Å². The highest BCUT2D eigenvalue weighted by molar-refractivity contribution is 6.87. The van der Waals surface area contributed by atoms with Gasteiger partial charge in [0.1, 0.15) is 5.75 Å². The first-order valence-corrected chi connectivity index (χ1v) is 19.5. The van der Waals surface area contributed by atoms with Gasteiger partial charge in [-0.05, 0) is 82.6 Å². The van der Waals surface area contributed by atoms with Crippen molar-refractivity contribution in [2.24, 2.45) is 5.41 Å². The van der Waals surface area contributed by atoms with E-state index in [0.29, 0.717) is 6.61 Å². The van der Waals surface area contributed by atoms with Gasteiger partial charge in [0.2, 0.25) is 0 Å². The first-order valence-electron chi connectivity index (χ1n) is 10.2. The zero-order chi connectivity index (χ0) is 21.8. The van der Waals surface area contributed by atoms with Crippen LogP contribution in [0.4, 0.5) is 0 Å². The van der Waals surface area contributed by atoms with E-state index in [-0.39, 0.29) is 26.1 Å². The molecule has 0 fully saturated rings. The zero-order valence-corrected chi connectivity index (χ0v) is 22.6. The van der Waals surface area contributed by atoms with Crippen molar-refractivity contribution in [1.82, 2.24) is 0 Å². The Hall–Kier alpha value is -0.739. The molecule has 0 N–H and O–H groups in total. The average Bonchev–Trinajstić information content (AvgIpc) is 2.47. The molecule has 0 atom stereocenters. The summed E-state index contributed by atoms with van der Waals surface area (Å²) in [4.78, 5) is 12.3. The van der Waals surface area contributed by atoms with Gasteiger partial charge in [-0.25, -0.2) is 0 Å². The molecule has 0 unspecified atom stereocenters. The van der Waals surface area contributed by atoms with Crippen LogP contribution in [0.2, 0.25) is 51.9 Å². The minimum Gasteiger partial charge on any atom is -0.494 e. The van der Waals surface area contributed by atoms with E-state index < -0.39 is 25.2 Å². The minimum absolute atomic E-state index is 0. The number of ketones is 1. The third-order valence-corrected chi connectivity index (χ3v) is 13.5. The fraction of sp³-hybridized carbons (Fsp3) is 0.696. The number of ether oxygens (including phenoxy) is 1. The van der Waals surface area contributed by atoms with Crippen molar-refractivity contribution < 1.29 is 17.8 Å². The second kappa shape index (κ2) is 11.8. The fourth-order valence-electron chi connectivity index (χ4n) is 3.14. The normalized spacial score (nSPS) is 12.6. The summed E-state index contributed by atoms with van der Waals surface area (Å²) in [6.45, 7) is 22.0. The maximum Gasteiger partial charge on any atom is 0.314 e. The molecule has 0 heterocycles. The molecule has 0 aliphatic rings. The van der Waals surface area contributed by atoms with E-state index in [9.17, 15) is 4.79 Å². The summed E-state index contributed by atoms with van der Waals surface area (Å²) in [5.41, 5.74) is 0.358. The molecule has 1 aromatic carbocycles. The Morgan fingerprint density at radius 2 is 1.27 bits per heavy atom. The van der Waals surface area contributed by atoms with Crippen LogP contribution in [0.3, 0.4) is 0 Å². The first-order chi connectivity index (χ1) is 12.5. The second-order valence-corrected chi connectivity index (χ2v) is 23.5. The average molecular weight is 473 g/mol. The van der Waals surface area contributed by atoms with E-state index in [4.69, 9.17) is 13.0 Å². The van der Waals surface area contributed by atoms with Crippen molar-refractivity contribution in [3.63, 3.8) is 0 Å². The number of rotatable bonds is 10. The lowest BCUT2D eigenvalue weighted by atomic mass is 9.86. The zero-order valence-electron chi connectivity index (χ0n) is 19.6. The van der Waals surface area contributed by atoms with E-state index in [1.54, 1.807) is 0 Å². The lowest BCUT2D eigenvalue weighted by Crippen LogP contribution is -2.52. The quantitative estimate of drug-likeness (QED) is 0.198. The Bertz CT molecular complexity index is 622. The monoisotopic (exact) mass is 472 g/mol. The van der Waals surface area contributed by atoms with Crippen LogP contribution in [0, 0.1) is 5.41 Å². The number of Topliss-reactive ketones (excluding diaryl/α,β-unsaturated/α-hetero) is 1. The molecule has 0 saturated carbocycles. The molecule has 30 heavy (non-hydrogen) atoms. The summed E-state index contributed by atoms with van der Waals surface area (Å²) in [6, 6.07) is 8.40. The number of benzene rings is 1. The van der Waals surface area contributed by atoms with Gasteiger partial charge in [0, 0.05) is 11.0 Å². The van der Waals surface area contributed by atoms with Crippen LogP contribution in [-0.4, -0.2) is 37.6 Å². The standard InChI is InChI=1S/C21H40O4Si3.2CH4/c1-21(2,3)20(22)18-12-14-19(15-13-18)23-16-11-17-28(10,24-26(4,5)6)25-27(7,8)9;;/h12-15H,11,16-17H2,1-10H3;2*1H4. The van der Waals surface area contributed by atoms with Gasteiger partial charge in [-0.15, -0.1) is 0 Å². The van der Waals surface area contributed by atoms with Crippen LogP contribution in [0.25, 0.3) is 0 Å². The number of hydrogen-bond donors (Lipinski definition) is 0. The number of carbonyl (C=O) groups excluding carboxylic acids is 1. The molecule has 0 aromatic heterocycles. The predicted molar refractivity (Wildman–Crippen MR) is 139 cm³/mol. The maximum absolute atomic E-state index is 12.3. The second-order valence-electron chi connectivity index (χ2n) is 10.6. The molecule has 0 saturated heterocycles. The van der Waals surface area contributed by atoms with Gasteiger partial charge in [-0.1, -0.05) is 35.6 Å². The highest BCUT2D eigenvalue weighted by Crippen LogP contribution is 2.26. The predicted octanol–water partition coefficient (Wildman–Crippen LogP) is 7.73. The van der Waals surface area contributed by atoms with Gasteiger partial charge in [-0.3, -0.25) is 4.79 Å². The third kappa shape index (κ3) is 12.2. The molecule has 0 amide bonds. The molecule has 0 bridgehead atoms. The maximum atomic E-state index is 12.3. The van der Waals surface area contributed by atoms with E-state index in [1.807, 2.05) is 45.0 Å². The fourth-order valence-corrected chi connectivity index (χ4v) is 15.6. The molecule has 0 aliphatic carbocycles. The Labute approximate surface area is 190 Å². The Kier molecular flexibility index (Phi) is 12.3. The molecule has 7 heteroatoms. The SMILES string of the molecule is C.C.CC(C)(C)C(=O)c1ccc(OCCC[Si](C)(O[Si](C)(C)C)O[Si](C)(C)C)cc1. The first kappa shape index (κ1) is 31.4. The van der Waals surface area contributed by atoms with Gasteiger partial charge in [-0.2, -0.15) is 0 Å². The largest absolute Gasteiger partial charge is 0.494 e. The van der Waals surface area contributed by atoms with Crippen LogP contribution in [0.1, 0.15) is 52.4 Å². The van der Waals surface area contributed by atoms with Crippen molar-refractivity contribution in [3.8, 4) is 5.75 Å². The van der Waals surface area contributed by atoms with E-state index in [2.05, 4.69) is 45.8 Å². The van der Waals surface area contributed by atoms with Crippen LogP contribution in [0.5, 0.6) is 5.75 Å². The van der Waals surface area contributed by atoms with Gasteiger partial charge in [0.15, 0.2) is 22.4 Å². The molecule has 1 rings (SSSR count). The van der Waals surface area contributed by atoms with Crippen LogP contribution in [0.15, 0.2) is 24.3 Å². The Morgan fingerprint density at radius 1 is 0.833 bits per heavy atom.